The molecule has 1 amide bonds. The van der Waals surface area contributed by atoms with Crippen molar-refractivity contribution in [3.63, 3.8) is 0 Å². The quantitative estimate of drug-likeness (QED) is 0.802. The van der Waals surface area contributed by atoms with Crippen molar-refractivity contribution in [1.29, 1.82) is 0 Å². The highest BCUT2D eigenvalue weighted by Gasteiger charge is 2.23. The number of ether oxygens (including phenoxy) is 1. The molecule has 0 spiro atoms. The number of hydrogen-bond acceptors (Lipinski definition) is 3. The van der Waals surface area contributed by atoms with Crippen LogP contribution in [0.25, 0.3) is 0 Å². The van der Waals surface area contributed by atoms with Gasteiger partial charge in [-0.1, -0.05) is 30.3 Å². The third kappa shape index (κ3) is 4.13. The molecule has 0 heterocycles. The van der Waals surface area contributed by atoms with Gasteiger partial charge in [0.2, 0.25) is 5.91 Å². The first-order chi connectivity index (χ1) is 8.49. The lowest BCUT2D eigenvalue weighted by molar-refractivity contribution is -0.125. The van der Waals surface area contributed by atoms with Crippen molar-refractivity contribution in [3.8, 4) is 0 Å². The van der Waals surface area contributed by atoms with Crippen molar-refractivity contribution in [3.05, 3.63) is 35.9 Å². The molecule has 0 fully saturated rings. The first kappa shape index (κ1) is 14.7. The van der Waals surface area contributed by atoms with E-state index in [4.69, 9.17) is 10.5 Å². The van der Waals surface area contributed by atoms with E-state index in [9.17, 15) is 4.79 Å². The Morgan fingerprint density at radius 1 is 1.39 bits per heavy atom. The van der Waals surface area contributed by atoms with Crippen LogP contribution in [0.4, 0.5) is 0 Å². The molecule has 1 atom stereocenters. The summed E-state index contributed by atoms with van der Waals surface area (Å²) in [5.41, 5.74) is 6.17. The lowest BCUT2D eigenvalue weighted by atomic mass is 9.94. The third-order valence-corrected chi connectivity index (χ3v) is 2.96. The van der Waals surface area contributed by atoms with Gasteiger partial charge in [-0.2, -0.15) is 0 Å². The number of nitrogens with two attached hydrogens (primary N) is 1. The molecular weight excluding hydrogens is 228 g/mol. The van der Waals surface area contributed by atoms with Gasteiger partial charge in [-0.15, -0.1) is 0 Å². The van der Waals surface area contributed by atoms with Crippen LogP contribution >= 0.6 is 0 Å². The number of hydrogen-bond donors (Lipinski definition) is 2. The number of amides is 1. The van der Waals surface area contributed by atoms with Gasteiger partial charge >= 0.3 is 0 Å². The van der Waals surface area contributed by atoms with E-state index in [1.54, 1.807) is 7.11 Å². The number of carbonyl (C=O) groups excluding carboxylic acids is 1. The second-order valence-electron chi connectivity index (χ2n) is 4.84. The van der Waals surface area contributed by atoms with Gasteiger partial charge in [-0.25, -0.2) is 0 Å². The summed E-state index contributed by atoms with van der Waals surface area (Å²) >= 11 is 0. The largest absolute Gasteiger partial charge is 0.380 e. The van der Waals surface area contributed by atoms with Crippen LogP contribution < -0.4 is 11.1 Å². The number of benzene rings is 1. The van der Waals surface area contributed by atoms with Crippen LogP contribution in [0.3, 0.4) is 0 Å². The van der Waals surface area contributed by atoms with Crippen LogP contribution in [0.5, 0.6) is 0 Å². The number of nitrogens with one attached hydrogen (secondary N) is 1. The van der Waals surface area contributed by atoms with Crippen LogP contribution in [-0.4, -0.2) is 25.7 Å². The summed E-state index contributed by atoms with van der Waals surface area (Å²) in [7, 11) is 1.56. The predicted molar refractivity (Wildman–Crippen MR) is 72.1 cm³/mol. The maximum absolute atomic E-state index is 11.9. The summed E-state index contributed by atoms with van der Waals surface area (Å²) in [6.45, 7) is 4.30. The first-order valence-electron chi connectivity index (χ1n) is 6.09. The molecular formula is C14H22N2O2. The highest BCUT2D eigenvalue weighted by atomic mass is 16.5. The zero-order valence-electron chi connectivity index (χ0n) is 11.3. The Labute approximate surface area is 109 Å². The number of methoxy groups -OCH3 is 1. The minimum absolute atomic E-state index is 0.0545. The van der Waals surface area contributed by atoms with Gasteiger partial charge in [-0.05, 0) is 19.4 Å². The van der Waals surface area contributed by atoms with E-state index in [1.807, 2.05) is 44.2 Å². The SMILES string of the molecule is COC(CN)CC(=O)NC(C)(C)c1ccccc1. The van der Waals surface area contributed by atoms with Gasteiger partial charge in [0.25, 0.3) is 0 Å². The van der Waals surface area contributed by atoms with Gasteiger partial charge in [0.1, 0.15) is 0 Å². The molecule has 0 radical (unpaired) electrons. The first-order valence-corrected chi connectivity index (χ1v) is 6.09. The van der Waals surface area contributed by atoms with Crippen LogP contribution in [0.15, 0.2) is 30.3 Å². The summed E-state index contributed by atoms with van der Waals surface area (Å²) < 4.78 is 5.10. The smallest absolute Gasteiger partial charge is 0.223 e. The van der Waals surface area contributed by atoms with E-state index in [0.29, 0.717) is 6.54 Å². The summed E-state index contributed by atoms with van der Waals surface area (Å²) in [6.07, 6.45) is 0.0556. The molecule has 0 aliphatic heterocycles. The van der Waals surface area contributed by atoms with E-state index < -0.39 is 5.54 Å². The molecule has 18 heavy (non-hydrogen) atoms. The number of rotatable bonds is 6. The molecule has 1 aromatic rings. The molecule has 0 saturated carbocycles. The van der Waals surface area contributed by atoms with E-state index in [2.05, 4.69) is 5.32 Å². The predicted octanol–water partition coefficient (Wildman–Crippen LogP) is 1.40. The van der Waals surface area contributed by atoms with Gasteiger partial charge in [0.05, 0.1) is 18.1 Å². The Morgan fingerprint density at radius 2 is 2.00 bits per heavy atom. The van der Waals surface area contributed by atoms with Crippen molar-refractivity contribution in [2.45, 2.75) is 31.9 Å². The maximum Gasteiger partial charge on any atom is 0.223 e. The topological polar surface area (TPSA) is 64.3 Å². The summed E-state index contributed by atoms with van der Waals surface area (Å²) in [6, 6.07) is 9.87. The van der Waals surface area contributed by atoms with Gasteiger partial charge in [0, 0.05) is 13.7 Å². The maximum atomic E-state index is 11.9. The average molecular weight is 250 g/mol. The monoisotopic (exact) mass is 250 g/mol. The zero-order valence-corrected chi connectivity index (χ0v) is 11.3. The minimum atomic E-state index is -0.398. The van der Waals surface area contributed by atoms with Crippen molar-refractivity contribution in [2.75, 3.05) is 13.7 Å². The van der Waals surface area contributed by atoms with E-state index >= 15 is 0 Å². The fraction of sp³-hybridized carbons (Fsp3) is 0.500. The van der Waals surface area contributed by atoms with Crippen LogP contribution in [0.2, 0.25) is 0 Å². The number of carbonyl (C=O) groups is 1. The molecule has 100 valence electrons. The molecule has 0 saturated heterocycles. The average Bonchev–Trinajstić information content (AvgIpc) is 2.36. The van der Waals surface area contributed by atoms with E-state index in [0.717, 1.165) is 5.56 Å². The minimum Gasteiger partial charge on any atom is -0.380 e. The van der Waals surface area contributed by atoms with Crippen molar-refractivity contribution in [1.82, 2.24) is 5.32 Å². The van der Waals surface area contributed by atoms with Crippen LogP contribution in [0.1, 0.15) is 25.8 Å². The Balaban J connectivity index is 2.63. The summed E-state index contributed by atoms with van der Waals surface area (Å²) in [5, 5.41) is 3.00. The molecule has 0 aliphatic carbocycles. The fourth-order valence-corrected chi connectivity index (χ4v) is 1.80. The van der Waals surface area contributed by atoms with Gasteiger partial charge < -0.3 is 15.8 Å². The molecule has 4 nitrogen and oxygen atoms in total. The molecule has 0 aromatic heterocycles. The van der Waals surface area contributed by atoms with Gasteiger partial charge in [0.15, 0.2) is 0 Å². The second kappa shape index (κ2) is 6.52. The third-order valence-electron chi connectivity index (χ3n) is 2.96. The van der Waals surface area contributed by atoms with Crippen LogP contribution in [0, 0.1) is 0 Å². The summed E-state index contributed by atoms with van der Waals surface area (Å²) in [4.78, 5) is 11.9. The standard InChI is InChI=1S/C14H22N2O2/c1-14(2,11-7-5-4-6-8-11)16-13(17)9-12(10-15)18-3/h4-8,12H,9-10,15H2,1-3H3,(H,16,17). The molecule has 1 unspecified atom stereocenters. The van der Waals surface area contributed by atoms with E-state index in [-0.39, 0.29) is 18.4 Å². The summed E-state index contributed by atoms with van der Waals surface area (Å²) in [5.74, 6) is -0.0545. The lowest BCUT2D eigenvalue weighted by Gasteiger charge is -2.27. The van der Waals surface area contributed by atoms with Gasteiger partial charge in [-0.3, -0.25) is 4.79 Å². The fourth-order valence-electron chi connectivity index (χ4n) is 1.80. The molecule has 1 rings (SSSR count). The highest BCUT2D eigenvalue weighted by molar-refractivity contribution is 5.77. The molecule has 0 aliphatic rings. The normalized spacial score (nSPS) is 13.1. The van der Waals surface area contributed by atoms with Crippen LogP contribution in [-0.2, 0) is 15.1 Å². The Kier molecular flexibility index (Phi) is 5.31. The molecule has 0 bridgehead atoms. The lowest BCUT2D eigenvalue weighted by Crippen LogP contribution is -2.43. The molecule has 1 aromatic carbocycles. The van der Waals surface area contributed by atoms with Crippen molar-refractivity contribution in [2.24, 2.45) is 5.73 Å². The molecule has 3 N–H and O–H groups in total. The second-order valence-corrected chi connectivity index (χ2v) is 4.84. The highest BCUT2D eigenvalue weighted by Crippen LogP contribution is 2.19. The van der Waals surface area contributed by atoms with Crippen molar-refractivity contribution < 1.29 is 9.53 Å². The Morgan fingerprint density at radius 3 is 2.50 bits per heavy atom. The zero-order chi connectivity index (χ0) is 13.6. The van der Waals surface area contributed by atoms with E-state index in [1.165, 1.54) is 0 Å². The molecule has 4 heteroatoms. The van der Waals surface area contributed by atoms with Crippen molar-refractivity contribution >= 4 is 5.91 Å². The Hall–Kier alpha value is -1.39. The Bertz CT molecular complexity index is 373.